The molecular weight excluding hydrogens is 256 g/mol. The van der Waals surface area contributed by atoms with Gasteiger partial charge in [-0.25, -0.2) is 4.99 Å². The highest BCUT2D eigenvalue weighted by Crippen LogP contribution is 2.14. The van der Waals surface area contributed by atoms with Crippen molar-refractivity contribution in [2.45, 2.75) is 13.3 Å². The highest BCUT2D eigenvalue weighted by atomic mass is 32.1. The largest absolute Gasteiger partial charge is 0.357 e. The molecule has 1 fully saturated rings. The molecule has 0 spiro atoms. The number of benzene rings is 1. The van der Waals surface area contributed by atoms with Gasteiger partial charge in [-0.05, 0) is 31.3 Å². The lowest BCUT2D eigenvalue weighted by molar-refractivity contribution is 0.858. The lowest BCUT2D eigenvalue weighted by atomic mass is 10.3. The fourth-order valence-corrected chi connectivity index (χ4v) is 1.94. The van der Waals surface area contributed by atoms with Crippen LogP contribution in [0.25, 0.3) is 0 Å². The molecule has 1 heterocycles. The summed E-state index contributed by atoms with van der Waals surface area (Å²) >= 11 is 5.17. The van der Waals surface area contributed by atoms with Crippen LogP contribution in [0.1, 0.15) is 13.3 Å². The van der Waals surface area contributed by atoms with Gasteiger partial charge in [0, 0.05) is 19.5 Å². The SMILES string of the molecule is C=C(C)CNC(=S)/N=C1\CCN(c2ccccc2)N1. The zero-order valence-electron chi connectivity index (χ0n) is 11.0. The first-order valence-electron chi connectivity index (χ1n) is 6.24. The van der Waals surface area contributed by atoms with E-state index in [1.807, 2.05) is 25.1 Å². The van der Waals surface area contributed by atoms with Crippen LogP contribution in [0.3, 0.4) is 0 Å². The van der Waals surface area contributed by atoms with Crippen LogP contribution in [0.15, 0.2) is 47.5 Å². The lowest BCUT2D eigenvalue weighted by Gasteiger charge is -2.17. The van der Waals surface area contributed by atoms with Crippen molar-refractivity contribution in [3.63, 3.8) is 0 Å². The van der Waals surface area contributed by atoms with E-state index in [1.165, 1.54) is 0 Å². The Morgan fingerprint density at radius 3 is 2.89 bits per heavy atom. The Balaban J connectivity index is 1.91. The number of para-hydroxylation sites is 1. The van der Waals surface area contributed by atoms with Gasteiger partial charge in [-0.1, -0.05) is 30.4 Å². The maximum Gasteiger partial charge on any atom is 0.194 e. The van der Waals surface area contributed by atoms with Gasteiger partial charge in [-0.3, -0.25) is 10.4 Å². The molecule has 1 aromatic carbocycles. The number of thiocarbonyl (C=S) groups is 1. The highest BCUT2D eigenvalue weighted by molar-refractivity contribution is 7.80. The van der Waals surface area contributed by atoms with Crippen molar-refractivity contribution in [1.29, 1.82) is 0 Å². The second kappa shape index (κ2) is 6.33. The maximum absolute atomic E-state index is 5.17. The van der Waals surface area contributed by atoms with Crippen molar-refractivity contribution in [3.05, 3.63) is 42.5 Å². The summed E-state index contributed by atoms with van der Waals surface area (Å²) in [6, 6.07) is 10.2. The minimum absolute atomic E-state index is 0.500. The summed E-state index contributed by atoms with van der Waals surface area (Å²) in [7, 11) is 0. The van der Waals surface area contributed by atoms with Gasteiger partial charge in [0.2, 0.25) is 0 Å². The Hall–Kier alpha value is -1.88. The van der Waals surface area contributed by atoms with Gasteiger partial charge in [0.25, 0.3) is 0 Å². The summed E-state index contributed by atoms with van der Waals surface area (Å²) in [4.78, 5) is 4.37. The Bertz CT molecular complexity index is 495. The van der Waals surface area contributed by atoms with Crippen LogP contribution in [0.2, 0.25) is 0 Å². The number of aliphatic imine (C=N–C) groups is 1. The van der Waals surface area contributed by atoms with Crippen molar-refractivity contribution in [2.75, 3.05) is 18.1 Å². The molecule has 100 valence electrons. The molecule has 0 bridgehead atoms. The lowest BCUT2D eigenvalue weighted by Crippen LogP contribution is -2.34. The number of anilines is 1. The van der Waals surface area contributed by atoms with Gasteiger partial charge in [0.05, 0.1) is 5.69 Å². The van der Waals surface area contributed by atoms with E-state index in [0.717, 1.165) is 30.1 Å². The molecule has 0 atom stereocenters. The van der Waals surface area contributed by atoms with Crippen LogP contribution in [0.5, 0.6) is 0 Å². The van der Waals surface area contributed by atoms with E-state index in [9.17, 15) is 0 Å². The maximum atomic E-state index is 5.17. The van der Waals surface area contributed by atoms with Gasteiger partial charge < -0.3 is 5.32 Å². The molecule has 2 rings (SSSR count). The number of rotatable bonds is 3. The number of nitrogens with one attached hydrogen (secondary N) is 2. The Labute approximate surface area is 119 Å². The average Bonchev–Trinajstić information content (AvgIpc) is 2.86. The third-order valence-electron chi connectivity index (χ3n) is 2.68. The molecule has 0 radical (unpaired) electrons. The molecule has 5 heteroatoms. The van der Waals surface area contributed by atoms with Gasteiger partial charge in [0.1, 0.15) is 5.84 Å². The van der Waals surface area contributed by atoms with E-state index in [1.54, 1.807) is 0 Å². The molecule has 2 N–H and O–H groups in total. The number of nitrogens with zero attached hydrogens (tertiary/aromatic N) is 2. The molecule has 0 unspecified atom stereocenters. The second-order valence-corrected chi connectivity index (χ2v) is 4.91. The van der Waals surface area contributed by atoms with Crippen molar-refractivity contribution >= 4 is 28.9 Å². The van der Waals surface area contributed by atoms with Crippen molar-refractivity contribution in [2.24, 2.45) is 4.99 Å². The Morgan fingerprint density at radius 1 is 1.47 bits per heavy atom. The molecule has 4 nitrogen and oxygen atoms in total. The predicted molar refractivity (Wildman–Crippen MR) is 84.4 cm³/mol. The molecule has 0 amide bonds. The van der Waals surface area contributed by atoms with Crippen molar-refractivity contribution < 1.29 is 0 Å². The Kier molecular flexibility index (Phi) is 4.52. The fraction of sp³-hybridized carbons (Fsp3) is 0.286. The summed E-state index contributed by atoms with van der Waals surface area (Å²) in [5.74, 6) is 0.892. The summed E-state index contributed by atoms with van der Waals surface area (Å²) in [6.07, 6.45) is 0.865. The third kappa shape index (κ3) is 4.06. The molecule has 1 saturated heterocycles. The molecule has 1 aromatic rings. The summed E-state index contributed by atoms with van der Waals surface area (Å²) < 4.78 is 0. The normalized spacial score (nSPS) is 16.3. The molecule has 0 aromatic heterocycles. The molecule has 0 saturated carbocycles. The van der Waals surface area contributed by atoms with Crippen LogP contribution in [0.4, 0.5) is 5.69 Å². The molecule has 19 heavy (non-hydrogen) atoms. The topological polar surface area (TPSA) is 39.7 Å². The minimum Gasteiger partial charge on any atom is -0.357 e. The van der Waals surface area contributed by atoms with E-state index in [0.29, 0.717) is 11.7 Å². The summed E-state index contributed by atoms with van der Waals surface area (Å²) in [5, 5.41) is 5.62. The van der Waals surface area contributed by atoms with Gasteiger partial charge >= 0.3 is 0 Å². The van der Waals surface area contributed by atoms with Crippen molar-refractivity contribution in [1.82, 2.24) is 10.7 Å². The third-order valence-corrected chi connectivity index (χ3v) is 2.92. The van der Waals surface area contributed by atoms with Gasteiger partial charge in [0.15, 0.2) is 5.11 Å². The average molecular weight is 274 g/mol. The van der Waals surface area contributed by atoms with Crippen LogP contribution < -0.4 is 15.8 Å². The summed E-state index contributed by atoms with van der Waals surface area (Å²) in [6.45, 7) is 7.33. The van der Waals surface area contributed by atoms with Crippen LogP contribution in [-0.2, 0) is 0 Å². The Morgan fingerprint density at radius 2 is 2.21 bits per heavy atom. The quantitative estimate of drug-likeness (QED) is 0.655. The van der Waals surface area contributed by atoms with Gasteiger partial charge in [-0.2, -0.15) is 0 Å². The first-order chi connectivity index (χ1) is 9.15. The molecular formula is C14H18N4S. The molecule has 1 aliphatic heterocycles. The van der Waals surface area contributed by atoms with E-state index in [2.05, 4.69) is 39.5 Å². The second-order valence-electron chi connectivity index (χ2n) is 4.52. The van der Waals surface area contributed by atoms with E-state index in [-0.39, 0.29) is 0 Å². The van der Waals surface area contributed by atoms with Gasteiger partial charge in [-0.15, -0.1) is 0 Å². The fourth-order valence-electron chi connectivity index (χ4n) is 1.76. The first-order valence-corrected chi connectivity index (χ1v) is 6.65. The number of amidine groups is 1. The highest BCUT2D eigenvalue weighted by Gasteiger charge is 2.17. The van der Waals surface area contributed by atoms with E-state index >= 15 is 0 Å². The molecule has 0 aliphatic carbocycles. The standard InChI is InChI=1S/C14H18N4S/c1-11(2)10-15-14(19)16-13-8-9-18(17-13)12-6-4-3-5-7-12/h3-7H,1,8-10H2,2H3,(H2,15,16,17,19). The predicted octanol–water partition coefficient (Wildman–Crippen LogP) is 2.25. The smallest absolute Gasteiger partial charge is 0.194 e. The monoisotopic (exact) mass is 274 g/mol. The van der Waals surface area contributed by atoms with Crippen molar-refractivity contribution in [3.8, 4) is 0 Å². The van der Waals surface area contributed by atoms with Crippen LogP contribution in [0, 0.1) is 0 Å². The molecule has 1 aliphatic rings. The number of hydrogen-bond acceptors (Lipinski definition) is 2. The first kappa shape index (κ1) is 13.5. The van der Waals surface area contributed by atoms with E-state index < -0.39 is 0 Å². The zero-order chi connectivity index (χ0) is 13.7. The van der Waals surface area contributed by atoms with Crippen LogP contribution >= 0.6 is 12.2 Å². The minimum atomic E-state index is 0.500. The number of hydrazine groups is 1. The summed E-state index contributed by atoms with van der Waals surface area (Å²) in [5.41, 5.74) is 5.43. The van der Waals surface area contributed by atoms with E-state index in [4.69, 9.17) is 12.2 Å². The number of hydrogen-bond donors (Lipinski definition) is 2. The zero-order valence-corrected chi connectivity index (χ0v) is 11.8. The van der Waals surface area contributed by atoms with Crippen LogP contribution in [-0.4, -0.2) is 24.0 Å².